The molecule has 3 aromatic rings. The molecular formula is C17H16ClN3O3S. The monoisotopic (exact) mass is 377 g/mol. The lowest BCUT2D eigenvalue weighted by atomic mass is 10.3. The summed E-state index contributed by atoms with van der Waals surface area (Å²) in [6.07, 6.45) is -0.678. The molecule has 0 aliphatic carbocycles. The highest BCUT2D eigenvalue weighted by molar-refractivity contribution is 7.17. The van der Waals surface area contributed by atoms with E-state index in [1.54, 1.807) is 44.3 Å². The minimum Gasteiger partial charge on any atom is -0.481 e. The number of H-pyrrole nitrogens is 1. The number of thiophene rings is 1. The quantitative estimate of drug-likeness (QED) is 0.741. The van der Waals surface area contributed by atoms with Crippen molar-refractivity contribution in [1.82, 2.24) is 14.9 Å². The highest BCUT2D eigenvalue weighted by Crippen LogP contribution is 2.18. The SMILES string of the molecule is CC(Oc1ccc(Cl)cc1)C(=O)N(C)Cc1nc2ccsc2c(=O)[nH]1. The van der Waals surface area contributed by atoms with Crippen molar-refractivity contribution < 1.29 is 9.53 Å². The Kier molecular flexibility index (Phi) is 5.06. The van der Waals surface area contributed by atoms with Gasteiger partial charge in [-0.2, -0.15) is 0 Å². The average Bonchev–Trinajstić information content (AvgIpc) is 3.05. The van der Waals surface area contributed by atoms with E-state index in [0.29, 0.717) is 26.8 Å². The minimum absolute atomic E-state index is 0.189. The summed E-state index contributed by atoms with van der Waals surface area (Å²) in [5, 5.41) is 2.41. The molecule has 0 radical (unpaired) electrons. The Bertz CT molecular complexity index is 952. The van der Waals surface area contributed by atoms with Crippen molar-refractivity contribution in [3.8, 4) is 5.75 Å². The van der Waals surface area contributed by atoms with Gasteiger partial charge in [0.05, 0.1) is 12.1 Å². The van der Waals surface area contributed by atoms with Gasteiger partial charge in [0.25, 0.3) is 11.5 Å². The number of nitrogens with zero attached hydrogens (tertiary/aromatic N) is 2. The summed E-state index contributed by atoms with van der Waals surface area (Å²) in [6.45, 7) is 1.86. The van der Waals surface area contributed by atoms with Gasteiger partial charge in [0.1, 0.15) is 16.3 Å². The Balaban J connectivity index is 1.68. The van der Waals surface area contributed by atoms with E-state index in [4.69, 9.17) is 16.3 Å². The third kappa shape index (κ3) is 4.00. The van der Waals surface area contributed by atoms with Crippen LogP contribution in [-0.4, -0.2) is 33.9 Å². The van der Waals surface area contributed by atoms with Gasteiger partial charge < -0.3 is 14.6 Å². The predicted octanol–water partition coefficient (Wildman–Crippen LogP) is 3.06. The van der Waals surface area contributed by atoms with Gasteiger partial charge in [-0.25, -0.2) is 4.98 Å². The van der Waals surface area contributed by atoms with E-state index in [-0.39, 0.29) is 18.0 Å². The van der Waals surface area contributed by atoms with E-state index in [1.165, 1.54) is 16.2 Å². The molecule has 6 nitrogen and oxygen atoms in total. The van der Waals surface area contributed by atoms with Crippen molar-refractivity contribution in [2.24, 2.45) is 0 Å². The maximum absolute atomic E-state index is 12.5. The largest absolute Gasteiger partial charge is 0.481 e. The van der Waals surface area contributed by atoms with Gasteiger partial charge in [-0.3, -0.25) is 9.59 Å². The normalized spacial score (nSPS) is 12.1. The fourth-order valence-corrected chi connectivity index (χ4v) is 3.23. The molecule has 8 heteroatoms. The highest BCUT2D eigenvalue weighted by atomic mass is 35.5. The van der Waals surface area contributed by atoms with Crippen molar-refractivity contribution in [2.75, 3.05) is 7.05 Å². The first-order valence-corrected chi connectivity index (χ1v) is 8.83. The van der Waals surface area contributed by atoms with Gasteiger partial charge in [0.2, 0.25) is 0 Å². The first kappa shape index (κ1) is 17.4. The summed E-state index contributed by atoms with van der Waals surface area (Å²) in [6, 6.07) is 8.59. The molecule has 0 saturated carbocycles. The first-order chi connectivity index (χ1) is 11.9. The van der Waals surface area contributed by atoms with Gasteiger partial charge in [-0.1, -0.05) is 11.6 Å². The molecule has 1 atom stereocenters. The van der Waals surface area contributed by atoms with Gasteiger partial charge in [0, 0.05) is 12.1 Å². The molecule has 1 unspecified atom stereocenters. The molecule has 1 aromatic carbocycles. The van der Waals surface area contributed by atoms with Crippen LogP contribution < -0.4 is 10.3 Å². The van der Waals surface area contributed by atoms with Crippen molar-refractivity contribution >= 4 is 39.1 Å². The zero-order valence-corrected chi connectivity index (χ0v) is 15.2. The third-order valence-electron chi connectivity index (χ3n) is 3.60. The van der Waals surface area contributed by atoms with E-state index in [2.05, 4.69) is 9.97 Å². The average molecular weight is 378 g/mol. The lowest BCUT2D eigenvalue weighted by Crippen LogP contribution is -2.38. The number of rotatable bonds is 5. The van der Waals surface area contributed by atoms with Gasteiger partial charge in [-0.05, 0) is 42.6 Å². The molecule has 3 rings (SSSR count). The molecule has 0 aliphatic heterocycles. The number of halogens is 1. The highest BCUT2D eigenvalue weighted by Gasteiger charge is 2.20. The van der Waals surface area contributed by atoms with E-state index in [0.717, 1.165) is 0 Å². The molecule has 0 bridgehead atoms. The van der Waals surface area contributed by atoms with Crippen LogP contribution in [0.1, 0.15) is 12.7 Å². The van der Waals surface area contributed by atoms with Crippen LogP contribution >= 0.6 is 22.9 Å². The Morgan fingerprint density at radius 1 is 1.36 bits per heavy atom. The van der Waals surface area contributed by atoms with Crippen LogP contribution in [0.25, 0.3) is 10.2 Å². The molecule has 1 amide bonds. The Hall–Kier alpha value is -2.38. The number of ether oxygens (including phenoxy) is 1. The van der Waals surface area contributed by atoms with Crippen LogP contribution in [0.5, 0.6) is 5.75 Å². The second kappa shape index (κ2) is 7.25. The van der Waals surface area contributed by atoms with E-state index in [1.807, 2.05) is 5.38 Å². The first-order valence-electron chi connectivity index (χ1n) is 7.57. The third-order valence-corrected chi connectivity index (χ3v) is 4.76. The second-order valence-electron chi connectivity index (χ2n) is 5.56. The number of hydrogen-bond donors (Lipinski definition) is 1. The number of aromatic nitrogens is 2. The van der Waals surface area contributed by atoms with Crippen LogP contribution in [0.15, 0.2) is 40.5 Å². The molecule has 25 heavy (non-hydrogen) atoms. The fourth-order valence-electron chi connectivity index (χ4n) is 2.38. The summed E-state index contributed by atoms with van der Waals surface area (Å²) in [4.78, 5) is 33.0. The van der Waals surface area contributed by atoms with Crippen LogP contribution in [-0.2, 0) is 11.3 Å². The molecule has 1 N–H and O–H groups in total. The number of carbonyl (C=O) groups is 1. The molecule has 0 saturated heterocycles. The van der Waals surface area contributed by atoms with Crippen molar-refractivity contribution in [1.29, 1.82) is 0 Å². The number of amides is 1. The van der Waals surface area contributed by atoms with E-state index in [9.17, 15) is 9.59 Å². The van der Waals surface area contributed by atoms with Gasteiger partial charge in [-0.15, -0.1) is 11.3 Å². The molecule has 0 spiro atoms. The van der Waals surface area contributed by atoms with Crippen LogP contribution in [0.3, 0.4) is 0 Å². The maximum Gasteiger partial charge on any atom is 0.268 e. The summed E-state index contributed by atoms with van der Waals surface area (Å²) in [7, 11) is 1.64. The van der Waals surface area contributed by atoms with Crippen LogP contribution in [0.4, 0.5) is 0 Å². The van der Waals surface area contributed by atoms with Crippen molar-refractivity contribution in [2.45, 2.75) is 19.6 Å². The number of fused-ring (bicyclic) bond motifs is 1. The fraction of sp³-hybridized carbons (Fsp3) is 0.235. The summed E-state index contributed by atoms with van der Waals surface area (Å²) in [5.41, 5.74) is 0.441. The second-order valence-corrected chi connectivity index (χ2v) is 6.91. The van der Waals surface area contributed by atoms with Crippen molar-refractivity contribution in [3.05, 3.63) is 56.9 Å². The molecule has 2 heterocycles. The number of aromatic amines is 1. The molecular weight excluding hydrogens is 362 g/mol. The van der Waals surface area contributed by atoms with Crippen molar-refractivity contribution in [3.63, 3.8) is 0 Å². The summed E-state index contributed by atoms with van der Waals surface area (Å²) < 4.78 is 6.21. The van der Waals surface area contributed by atoms with Crippen LogP contribution in [0.2, 0.25) is 5.02 Å². The molecule has 130 valence electrons. The maximum atomic E-state index is 12.5. The number of benzene rings is 1. The lowest BCUT2D eigenvalue weighted by Gasteiger charge is -2.21. The van der Waals surface area contributed by atoms with E-state index >= 15 is 0 Å². The zero-order valence-electron chi connectivity index (χ0n) is 13.7. The lowest BCUT2D eigenvalue weighted by molar-refractivity contribution is -0.137. The molecule has 0 fully saturated rings. The van der Waals surface area contributed by atoms with Gasteiger partial charge >= 0.3 is 0 Å². The Morgan fingerprint density at radius 2 is 2.08 bits per heavy atom. The number of hydrogen-bond acceptors (Lipinski definition) is 5. The summed E-state index contributed by atoms with van der Waals surface area (Å²) >= 11 is 7.17. The topological polar surface area (TPSA) is 75.3 Å². The standard InChI is InChI=1S/C17H16ClN3O3S/c1-10(24-12-5-3-11(18)4-6-12)17(23)21(2)9-14-19-13-7-8-25-15(13)16(22)20-14/h3-8,10H,9H2,1-2H3,(H,19,20,22). The number of carbonyl (C=O) groups excluding carboxylic acids is 1. The Morgan fingerprint density at radius 3 is 2.80 bits per heavy atom. The minimum atomic E-state index is -0.678. The van der Waals surface area contributed by atoms with Crippen LogP contribution in [0, 0.1) is 0 Å². The molecule has 2 aromatic heterocycles. The summed E-state index contributed by atoms with van der Waals surface area (Å²) in [5.74, 6) is 0.776. The van der Waals surface area contributed by atoms with Gasteiger partial charge in [0.15, 0.2) is 6.10 Å². The number of likely N-dealkylation sites (N-methyl/N-ethyl adjacent to an activating group) is 1. The Labute approximate surface area is 153 Å². The van der Waals surface area contributed by atoms with E-state index < -0.39 is 6.10 Å². The molecule has 0 aliphatic rings. The predicted molar refractivity (Wildman–Crippen MR) is 98.3 cm³/mol. The number of nitrogens with one attached hydrogen (secondary N) is 1. The zero-order chi connectivity index (χ0) is 18.0. The smallest absolute Gasteiger partial charge is 0.268 e.